The first kappa shape index (κ1) is 18.2. The van der Waals surface area contributed by atoms with Gasteiger partial charge in [-0.15, -0.1) is 0 Å². The Morgan fingerprint density at radius 2 is 1.73 bits per heavy atom. The number of nitrogens with zero attached hydrogens (tertiary/aromatic N) is 2. The molecule has 0 bridgehead atoms. The van der Waals surface area contributed by atoms with Crippen LogP contribution in [0.3, 0.4) is 0 Å². The number of morpholine rings is 1. The fourth-order valence-electron chi connectivity index (χ4n) is 4.59. The Labute approximate surface area is 156 Å². The van der Waals surface area contributed by atoms with Gasteiger partial charge in [-0.3, -0.25) is 9.80 Å². The van der Waals surface area contributed by atoms with Gasteiger partial charge in [-0.25, -0.2) is 0 Å². The minimum atomic E-state index is -0.271. The zero-order valence-electron chi connectivity index (χ0n) is 15.7. The van der Waals surface area contributed by atoms with Crippen LogP contribution in [-0.2, 0) is 11.3 Å². The van der Waals surface area contributed by atoms with Crippen LogP contribution in [0.1, 0.15) is 37.7 Å². The van der Waals surface area contributed by atoms with Gasteiger partial charge in [0.25, 0.3) is 0 Å². The van der Waals surface area contributed by atoms with Gasteiger partial charge in [0.05, 0.1) is 25.4 Å². The molecule has 5 heteroatoms. The number of rotatable bonds is 5. The van der Waals surface area contributed by atoms with Crippen LogP contribution >= 0.6 is 0 Å². The molecule has 1 N–H and O–H groups in total. The Hall–Kier alpha value is -1.14. The van der Waals surface area contributed by atoms with Gasteiger partial charge in [0, 0.05) is 38.8 Å². The van der Waals surface area contributed by atoms with E-state index in [-0.39, 0.29) is 12.1 Å². The van der Waals surface area contributed by atoms with Crippen molar-refractivity contribution in [2.75, 3.05) is 39.4 Å². The van der Waals surface area contributed by atoms with E-state index in [1.54, 1.807) is 0 Å². The van der Waals surface area contributed by atoms with E-state index in [0.717, 1.165) is 58.1 Å². The van der Waals surface area contributed by atoms with Gasteiger partial charge in [-0.1, -0.05) is 12.1 Å². The predicted octanol–water partition coefficient (Wildman–Crippen LogP) is 2.28. The first-order valence-corrected chi connectivity index (χ1v) is 10.3. The zero-order valence-corrected chi connectivity index (χ0v) is 15.7. The van der Waals surface area contributed by atoms with Crippen molar-refractivity contribution < 1.29 is 14.6 Å². The molecule has 0 spiro atoms. The van der Waals surface area contributed by atoms with Gasteiger partial charge < -0.3 is 14.6 Å². The molecule has 4 rings (SSSR count). The molecule has 5 nitrogen and oxygen atoms in total. The van der Waals surface area contributed by atoms with E-state index in [2.05, 4.69) is 34.1 Å². The number of piperidine rings is 1. The van der Waals surface area contributed by atoms with Gasteiger partial charge in [-0.05, 0) is 49.8 Å². The lowest BCUT2D eigenvalue weighted by Crippen LogP contribution is -2.56. The van der Waals surface area contributed by atoms with Gasteiger partial charge >= 0.3 is 0 Å². The van der Waals surface area contributed by atoms with E-state index < -0.39 is 0 Å². The standard InChI is InChI=1S/C21H32N2O3/c24-21-16-22(10-9-20(21)23-11-13-25-14-12-23)15-17-5-7-19(8-6-17)26-18-3-1-2-4-18/h5-8,18,20-21,24H,1-4,9-16H2/t20-,21-/m1/s1. The predicted molar refractivity (Wildman–Crippen MR) is 101 cm³/mol. The molecule has 3 fully saturated rings. The molecule has 144 valence electrons. The van der Waals surface area contributed by atoms with Gasteiger partial charge in [0.15, 0.2) is 0 Å². The number of benzene rings is 1. The topological polar surface area (TPSA) is 45.2 Å². The lowest BCUT2D eigenvalue weighted by Gasteiger charge is -2.43. The molecular formula is C21H32N2O3. The van der Waals surface area contributed by atoms with Crippen molar-refractivity contribution in [3.05, 3.63) is 29.8 Å². The largest absolute Gasteiger partial charge is 0.490 e. The highest BCUT2D eigenvalue weighted by Crippen LogP contribution is 2.25. The summed E-state index contributed by atoms with van der Waals surface area (Å²) in [5.74, 6) is 0.992. The van der Waals surface area contributed by atoms with E-state index in [4.69, 9.17) is 9.47 Å². The van der Waals surface area contributed by atoms with E-state index >= 15 is 0 Å². The van der Waals surface area contributed by atoms with Crippen molar-refractivity contribution in [1.82, 2.24) is 9.80 Å². The molecule has 2 heterocycles. The van der Waals surface area contributed by atoms with Crippen molar-refractivity contribution in [3.8, 4) is 5.75 Å². The van der Waals surface area contributed by atoms with Crippen LogP contribution in [0, 0.1) is 0 Å². The SMILES string of the molecule is O[C@@H]1CN(Cc2ccc(OC3CCCC3)cc2)CC[C@H]1N1CCOCC1. The molecular weight excluding hydrogens is 328 g/mol. The molecule has 1 aromatic carbocycles. The Morgan fingerprint density at radius 1 is 1.00 bits per heavy atom. The molecule has 2 aliphatic heterocycles. The average Bonchev–Trinajstić information content (AvgIpc) is 3.17. The Bertz CT molecular complexity index is 553. The molecule has 0 amide bonds. The molecule has 1 aromatic rings. The lowest BCUT2D eigenvalue weighted by molar-refractivity contribution is -0.0534. The molecule has 0 aromatic heterocycles. The number of hydrogen-bond donors (Lipinski definition) is 1. The van der Waals surface area contributed by atoms with Gasteiger partial charge in [0.1, 0.15) is 5.75 Å². The lowest BCUT2D eigenvalue weighted by atomic mass is 9.99. The Kier molecular flexibility index (Phi) is 6.10. The average molecular weight is 360 g/mol. The van der Waals surface area contributed by atoms with Gasteiger partial charge in [0.2, 0.25) is 0 Å². The van der Waals surface area contributed by atoms with Crippen LogP contribution in [0.4, 0.5) is 0 Å². The highest BCUT2D eigenvalue weighted by molar-refractivity contribution is 5.27. The van der Waals surface area contributed by atoms with Gasteiger partial charge in [-0.2, -0.15) is 0 Å². The smallest absolute Gasteiger partial charge is 0.119 e. The third kappa shape index (κ3) is 4.58. The second-order valence-corrected chi connectivity index (χ2v) is 7.98. The van der Waals surface area contributed by atoms with Crippen LogP contribution in [-0.4, -0.2) is 72.5 Å². The second kappa shape index (κ2) is 8.70. The summed E-state index contributed by atoms with van der Waals surface area (Å²) in [6, 6.07) is 8.84. The van der Waals surface area contributed by atoms with Crippen LogP contribution in [0.2, 0.25) is 0 Å². The summed E-state index contributed by atoms with van der Waals surface area (Å²) in [4.78, 5) is 4.77. The van der Waals surface area contributed by atoms with Crippen LogP contribution in [0.15, 0.2) is 24.3 Å². The fourth-order valence-corrected chi connectivity index (χ4v) is 4.59. The Balaban J connectivity index is 1.26. The van der Waals surface area contributed by atoms with Crippen molar-refractivity contribution >= 4 is 0 Å². The van der Waals surface area contributed by atoms with Crippen molar-refractivity contribution in [2.24, 2.45) is 0 Å². The van der Waals surface area contributed by atoms with Crippen LogP contribution in [0.5, 0.6) is 5.75 Å². The summed E-state index contributed by atoms with van der Waals surface area (Å²) in [5.41, 5.74) is 1.29. The summed E-state index contributed by atoms with van der Waals surface area (Å²) < 4.78 is 11.5. The number of ether oxygens (including phenoxy) is 2. The third-order valence-electron chi connectivity index (χ3n) is 6.08. The zero-order chi connectivity index (χ0) is 17.8. The number of aliphatic hydroxyl groups excluding tert-OH is 1. The number of likely N-dealkylation sites (tertiary alicyclic amines) is 1. The highest BCUT2D eigenvalue weighted by Gasteiger charge is 2.32. The molecule has 0 unspecified atom stereocenters. The maximum atomic E-state index is 10.6. The first-order valence-electron chi connectivity index (χ1n) is 10.3. The highest BCUT2D eigenvalue weighted by atomic mass is 16.5. The minimum Gasteiger partial charge on any atom is -0.490 e. The number of aliphatic hydroxyl groups is 1. The molecule has 3 aliphatic rings. The normalized spacial score (nSPS) is 29.1. The maximum absolute atomic E-state index is 10.6. The van der Waals surface area contributed by atoms with Crippen molar-refractivity contribution in [3.63, 3.8) is 0 Å². The summed E-state index contributed by atoms with van der Waals surface area (Å²) in [7, 11) is 0. The van der Waals surface area contributed by atoms with Crippen LogP contribution < -0.4 is 4.74 Å². The summed E-state index contributed by atoms with van der Waals surface area (Å²) in [6.07, 6.45) is 6.15. The van der Waals surface area contributed by atoms with E-state index in [1.807, 2.05) is 0 Å². The first-order chi connectivity index (χ1) is 12.8. The summed E-state index contributed by atoms with van der Waals surface area (Å²) in [5, 5.41) is 10.6. The number of hydrogen-bond acceptors (Lipinski definition) is 5. The summed E-state index contributed by atoms with van der Waals surface area (Å²) in [6.45, 7) is 6.18. The number of β-amino-alcohol motifs (C(OH)–C–C–N with tert-alkyl or cyclic N) is 1. The monoisotopic (exact) mass is 360 g/mol. The maximum Gasteiger partial charge on any atom is 0.119 e. The van der Waals surface area contributed by atoms with Crippen LogP contribution in [0.25, 0.3) is 0 Å². The molecule has 26 heavy (non-hydrogen) atoms. The van der Waals surface area contributed by atoms with E-state index in [0.29, 0.717) is 6.10 Å². The Morgan fingerprint density at radius 3 is 2.42 bits per heavy atom. The third-order valence-corrected chi connectivity index (χ3v) is 6.08. The molecule has 0 radical (unpaired) electrons. The fraction of sp³-hybridized carbons (Fsp3) is 0.714. The van der Waals surface area contributed by atoms with E-state index in [9.17, 15) is 5.11 Å². The molecule has 1 aliphatic carbocycles. The van der Waals surface area contributed by atoms with E-state index in [1.165, 1.54) is 31.2 Å². The quantitative estimate of drug-likeness (QED) is 0.873. The molecule has 2 saturated heterocycles. The van der Waals surface area contributed by atoms with Crippen molar-refractivity contribution in [2.45, 2.75) is 56.9 Å². The summed E-state index contributed by atoms with van der Waals surface area (Å²) >= 11 is 0. The van der Waals surface area contributed by atoms with Crippen molar-refractivity contribution in [1.29, 1.82) is 0 Å². The minimum absolute atomic E-state index is 0.271. The second-order valence-electron chi connectivity index (χ2n) is 7.98. The molecule has 1 saturated carbocycles. The molecule has 2 atom stereocenters.